The molecule has 0 radical (unpaired) electrons. The van der Waals surface area contributed by atoms with Crippen molar-refractivity contribution in [3.05, 3.63) is 47.9 Å². The number of carbonyl (C=O) groups excluding carboxylic acids is 1. The van der Waals surface area contributed by atoms with Crippen LogP contribution in [0.15, 0.2) is 41.2 Å². The number of hydrogen-bond donors (Lipinski definition) is 1. The highest BCUT2D eigenvalue weighted by molar-refractivity contribution is 5.93. The van der Waals surface area contributed by atoms with Crippen LogP contribution in [0, 0.1) is 0 Å². The molecule has 1 heterocycles. The van der Waals surface area contributed by atoms with Crippen LogP contribution in [0.5, 0.6) is 11.5 Å². The van der Waals surface area contributed by atoms with Gasteiger partial charge in [-0.25, -0.2) is 0 Å². The van der Waals surface area contributed by atoms with E-state index in [1.165, 1.54) is 12.5 Å². The summed E-state index contributed by atoms with van der Waals surface area (Å²) in [5.74, 6) is 1.06. The lowest BCUT2D eigenvalue weighted by molar-refractivity contribution is 0.0950. The third-order valence-corrected chi connectivity index (χ3v) is 2.71. The predicted molar refractivity (Wildman–Crippen MR) is 69.4 cm³/mol. The molecule has 0 aliphatic rings. The van der Waals surface area contributed by atoms with Gasteiger partial charge in [-0.15, -0.1) is 0 Å². The smallest absolute Gasteiger partial charge is 0.254 e. The molecule has 19 heavy (non-hydrogen) atoms. The topological polar surface area (TPSA) is 60.7 Å². The normalized spacial score (nSPS) is 10.0. The summed E-state index contributed by atoms with van der Waals surface area (Å²) in [4.78, 5) is 11.8. The van der Waals surface area contributed by atoms with Crippen molar-refractivity contribution in [2.24, 2.45) is 0 Å². The van der Waals surface area contributed by atoms with Crippen LogP contribution in [0.4, 0.5) is 0 Å². The molecular weight excluding hydrogens is 246 g/mol. The molecule has 2 aromatic rings. The molecule has 0 bridgehead atoms. The summed E-state index contributed by atoms with van der Waals surface area (Å²) in [6, 6.07) is 7.13. The fourth-order valence-corrected chi connectivity index (χ4v) is 1.76. The van der Waals surface area contributed by atoms with E-state index in [2.05, 4.69) is 5.32 Å². The molecule has 0 spiro atoms. The van der Waals surface area contributed by atoms with Crippen LogP contribution in [0.25, 0.3) is 0 Å². The van der Waals surface area contributed by atoms with Gasteiger partial charge in [-0.05, 0) is 12.1 Å². The molecule has 0 unspecified atom stereocenters. The largest absolute Gasteiger partial charge is 0.493 e. The summed E-state index contributed by atoms with van der Waals surface area (Å²) >= 11 is 0. The molecule has 0 fully saturated rings. The summed E-state index contributed by atoms with van der Waals surface area (Å²) in [6.45, 7) is 0.352. The van der Waals surface area contributed by atoms with E-state index in [4.69, 9.17) is 13.9 Å². The molecule has 100 valence electrons. The molecule has 5 nitrogen and oxygen atoms in total. The van der Waals surface area contributed by atoms with Crippen molar-refractivity contribution in [1.82, 2.24) is 5.32 Å². The summed E-state index contributed by atoms with van der Waals surface area (Å²) in [5.41, 5.74) is 1.33. The van der Waals surface area contributed by atoms with Crippen LogP contribution >= 0.6 is 0 Å². The Morgan fingerprint density at radius 1 is 1.26 bits per heavy atom. The standard InChI is InChI=1S/C14H15NO4/c1-17-12-5-3-4-10(13(12)18-2)8-15-14(16)11-6-7-19-9-11/h3-7,9H,8H2,1-2H3,(H,15,16). The van der Waals surface area contributed by atoms with Crippen LogP contribution in [0.1, 0.15) is 15.9 Å². The number of rotatable bonds is 5. The lowest BCUT2D eigenvalue weighted by Crippen LogP contribution is -2.22. The number of benzene rings is 1. The van der Waals surface area contributed by atoms with Crippen molar-refractivity contribution in [3.8, 4) is 11.5 Å². The number of carbonyl (C=O) groups is 1. The maximum absolute atomic E-state index is 11.8. The number of furan rings is 1. The van der Waals surface area contributed by atoms with E-state index in [-0.39, 0.29) is 5.91 Å². The number of methoxy groups -OCH3 is 2. The number of hydrogen-bond acceptors (Lipinski definition) is 4. The number of ether oxygens (including phenoxy) is 2. The molecule has 1 aromatic carbocycles. The maximum Gasteiger partial charge on any atom is 0.254 e. The minimum Gasteiger partial charge on any atom is -0.493 e. The molecule has 0 aliphatic heterocycles. The zero-order valence-corrected chi connectivity index (χ0v) is 10.8. The average molecular weight is 261 g/mol. The molecule has 0 saturated heterocycles. The first kappa shape index (κ1) is 13.0. The third kappa shape index (κ3) is 2.88. The lowest BCUT2D eigenvalue weighted by atomic mass is 10.1. The molecule has 1 amide bonds. The van der Waals surface area contributed by atoms with Crippen molar-refractivity contribution >= 4 is 5.91 Å². The minimum atomic E-state index is -0.196. The zero-order valence-electron chi connectivity index (χ0n) is 10.8. The van der Waals surface area contributed by atoms with Gasteiger partial charge in [0.1, 0.15) is 6.26 Å². The SMILES string of the molecule is COc1cccc(CNC(=O)c2ccoc2)c1OC. The van der Waals surface area contributed by atoms with E-state index in [1.54, 1.807) is 26.4 Å². The second-order valence-electron chi connectivity index (χ2n) is 3.85. The fourth-order valence-electron chi connectivity index (χ4n) is 1.76. The Kier molecular flexibility index (Phi) is 4.07. The highest BCUT2D eigenvalue weighted by Gasteiger charge is 2.11. The van der Waals surface area contributed by atoms with Crippen LogP contribution in [0.3, 0.4) is 0 Å². The molecule has 0 saturated carbocycles. The van der Waals surface area contributed by atoms with Gasteiger partial charge in [0.15, 0.2) is 11.5 Å². The van der Waals surface area contributed by atoms with E-state index in [9.17, 15) is 4.79 Å². The third-order valence-electron chi connectivity index (χ3n) is 2.71. The van der Waals surface area contributed by atoms with E-state index in [0.717, 1.165) is 5.56 Å². The Hall–Kier alpha value is -2.43. The molecular formula is C14H15NO4. The van der Waals surface area contributed by atoms with Crippen LogP contribution in [-0.4, -0.2) is 20.1 Å². The monoisotopic (exact) mass is 261 g/mol. The van der Waals surface area contributed by atoms with Gasteiger partial charge in [0, 0.05) is 12.1 Å². The summed E-state index contributed by atoms with van der Waals surface area (Å²) in [6.07, 6.45) is 2.86. The van der Waals surface area contributed by atoms with Gasteiger partial charge in [-0.1, -0.05) is 12.1 Å². The first-order valence-corrected chi connectivity index (χ1v) is 5.76. The van der Waals surface area contributed by atoms with Crippen molar-refractivity contribution in [3.63, 3.8) is 0 Å². The summed E-state index contributed by atoms with van der Waals surface area (Å²) < 4.78 is 15.4. The van der Waals surface area contributed by atoms with Gasteiger partial charge in [-0.3, -0.25) is 4.79 Å². The van der Waals surface area contributed by atoms with E-state index < -0.39 is 0 Å². The highest BCUT2D eigenvalue weighted by atomic mass is 16.5. The molecule has 2 rings (SSSR count). The minimum absolute atomic E-state index is 0.196. The Morgan fingerprint density at radius 3 is 2.74 bits per heavy atom. The first-order chi connectivity index (χ1) is 9.26. The van der Waals surface area contributed by atoms with Gasteiger partial charge in [-0.2, -0.15) is 0 Å². The van der Waals surface area contributed by atoms with E-state index in [1.807, 2.05) is 12.1 Å². The molecule has 1 aromatic heterocycles. The van der Waals surface area contributed by atoms with Crippen molar-refractivity contribution in [2.45, 2.75) is 6.54 Å². The number of nitrogens with one attached hydrogen (secondary N) is 1. The maximum atomic E-state index is 11.8. The molecule has 0 aliphatic carbocycles. The van der Waals surface area contributed by atoms with Crippen molar-refractivity contribution < 1.29 is 18.7 Å². The molecule has 1 N–H and O–H groups in total. The van der Waals surface area contributed by atoms with Crippen LogP contribution in [-0.2, 0) is 6.54 Å². The fraction of sp³-hybridized carbons (Fsp3) is 0.214. The quantitative estimate of drug-likeness (QED) is 0.896. The number of amides is 1. The van der Waals surface area contributed by atoms with Crippen LogP contribution < -0.4 is 14.8 Å². The van der Waals surface area contributed by atoms with Crippen LogP contribution in [0.2, 0.25) is 0 Å². The lowest BCUT2D eigenvalue weighted by Gasteiger charge is -2.12. The van der Waals surface area contributed by atoms with Gasteiger partial charge >= 0.3 is 0 Å². The van der Waals surface area contributed by atoms with Crippen molar-refractivity contribution in [2.75, 3.05) is 14.2 Å². The van der Waals surface area contributed by atoms with Gasteiger partial charge in [0.05, 0.1) is 26.0 Å². The Balaban J connectivity index is 2.09. The first-order valence-electron chi connectivity index (χ1n) is 5.76. The highest BCUT2D eigenvalue weighted by Crippen LogP contribution is 2.30. The van der Waals surface area contributed by atoms with E-state index >= 15 is 0 Å². The Bertz CT molecular complexity index is 549. The summed E-state index contributed by atoms with van der Waals surface area (Å²) in [7, 11) is 3.14. The molecule has 5 heteroatoms. The second kappa shape index (κ2) is 5.95. The number of para-hydroxylation sites is 1. The Morgan fingerprint density at radius 2 is 2.11 bits per heavy atom. The van der Waals surface area contributed by atoms with Crippen molar-refractivity contribution in [1.29, 1.82) is 0 Å². The Labute approximate surface area is 111 Å². The van der Waals surface area contributed by atoms with E-state index in [0.29, 0.717) is 23.6 Å². The molecule has 0 atom stereocenters. The predicted octanol–water partition coefficient (Wildman–Crippen LogP) is 2.23. The average Bonchev–Trinajstić information content (AvgIpc) is 2.98. The zero-order chi connectivity index (χ0) is 13.7. The second-order valence-corrected chi connectivity index (χ2v) is 3.85. The van der Waals surface area contributed by atoms with Gasteiger partial charge in [0.2, 0.25) is 0 Å². The van der Waals surface area contributed by atoms with Gasteiger partial charge < -0.3 is 19.2 Å². The summed E-state index contributed by atoms with van der Waals surface area (Å²) in [5, 5.41) is 2.79. The van der Waals surface area contributed by atoms with Gasteiger partial charge in [0.25, 0.3) is 5.91 Å².